The van der Waals surface area contributed by atoms with E-state index < -0.39 is 6.04 Å². The van der Waals surface area contributed by atoms with Crippen LogP contribution in [0.4, 0.5) is 0 Å². The minimum absolute atomic E-state index is 0.190. The van der Waals surface area contributed by atoms with Crippen LogP contribution in [0.1, 0.15) is 34.6 Å². The summed E-state index contributed by atoms with van der Waals surface area (Å²) in [7, 11) is 0. The van der Waals surface area contributed by atoms with Crippen LogP contribution in [0, 0.1) is 0 Å². The van der Waals surface area contributed by atoms with Crippen molar-refractivity contribution in [1.82, 2.24) is 20.4 Å². The van der Waals surface area contributed by atoms with Crippen LogP contribution in [0.3, 0.4) is 0 Å². The largest absolute Gasteiger partial charge is 0.350 e. The lowest BCUT2D eigenvalue weighted by molar-refractivity contribution is -0.122. The Kier molecular flexibility index (Phi) is 8.44. The maximum absolute atomic E-state index is 12.5. The Hall–Kier alpha value is -1.74. The van der Waals surface area contributed by atoms with Gasteiger partial charge in [-0.05, 0) is 52.7 Å². The fraction of sp³-hybridized carbons (Fsp3) is 0.455. The molecule has 1 aromatic carbocycles. The average molecular weight is 493 g/mol. The van der Waals surface area contributed by atoms with Gasteiger partial charge in [0.05, 0.1) is 8.66 Å². The van der Waals surface area contributed by atoms with Gasteiger partial charge in [0.2, 0.25) is 5.91 Å². The highest BCUT2D eigenvalue weighted by Crippen LogP contribution is 2.22. The number of rotatable bonds is 8. The number of piperazine rings is 1. The Morgan fingerprint density at radius 1 is 1.07 bits per heavy atom. The normalized spacial score (nSPS) is 16.2. The van der Waals surface area contributed by atoms with Crippen molar-refractivity contribution in [2.24, 2.45) is 0 Å². The lowest BCUT2D eigenvalue weighted by Gasteiger charge is -2.34. The van der Waals surface area contributed by atoms with Crippen LogP contribution < -0.4 is 10.6 Å². The van der Waals surface area contributed by atoms with Crippen molar-refractivity contribution in [3.63, 3.8) is 0 Å². The number of likely N-dealkylation sites (N-methyl/N-ethyl adjacent to an activating group) is 1. The van der Waals surface area contributed by atoms with E-state index >= 15 is 0 Å². The standard InChI is InChI=1S/C22H29BrN4O2S/c1-3-26-10-12-27(13-11-26)15-18-7-5-4-6-17(18)14-24-21(28)16(2)25-22(29)19-8-9-20(23)30-19/h4-9,16H,3,10-15H2,1-2H3,(H,24,28)(H,25,29). The second-order valence-electron chi connectivity index (χ2n) is 7.50. The fourth-order valence-electron chi connectivity index (χ4n) is 3.49. The number of carbonyl (C=O) groups excluding carboxylic acids is 2. The summed E-state index contributed by atoms with van der Waals surface area (Å²) in [6, 6.07) is 11.2. The van der Waals surface area contributed by atoms with Crippen molar-refractivity contribution in [3.05, 3.63) is 56.2 Å². The predicted octanol–water partition coefficient (Wildman–Crippen LogP) is 3.08. The molecule has 3 rings (SSSR count). The summed E-state index contributed by atoms with van der Waals surface area (Å²) in [5, 5.41) is 5.73. The summed E-state index contributed by atoms with van der Waals surface area (Å²) in [6.45, 7) is 10.7. The van der Waals surface area contributed by atoms with Crippen molar-refractivity contribution >= 4 is 39.1 Å². The van der Waals surface area contributed by atoms with Crippen LogP contribution in [0.25, 0.3) is 0 Å². The molecule has 0 spiro atoms. The SMILES string of the molecule is CCN1CCN(Cc2ccccc2CNC(=O)C(C)NC(=O)c2ccc(Br)s2)CC1. The molecule has 6 nitrogen and oxygen atoms in total. The van der Waals surface area contributed by atoms with Crippen molar-refractivity contribution < 1.29 is 9.59 Å². The Balaban J connectivity index is 1.51. The lowest BCUT2D eigenvalue weighted by Crippen LogP contribution is -2.46. The second kappa shape index (κ2) is 11.0. The molecule has 2 amide bonds. The summed E-state index contributed by atoms with van der Waals surface area (Å²) < 4.78 is 0.887. The van der Waals surface area contributed by atoms with Gasteiger partial charge in [-0.15, -0.1) is 11.3 Å². The summed E-state index contributed by atoms with van der Waals surface area (Å²) in [5.41, 5.74) is 2.35. The first-order chi connectivity index (χ1) is 14.5. The molecule has 2 heterocycles. The molecular weight excluding hydrogens is 464 g/mol. The molecular formula is C22H29BrN4O2S. The van der Waals surface area contributed by atoms with Gasteiger partial charge in [-0.3, -0.25) is 14.5 Å². The van der Waals surface area contributed by atoms with E-state index in [0.717, 1.165) is 48.6 Å². The highest BCUT2D eigenvalue weighted by Gasteiger charge is 2.19. The minimum atomic E-state index is -0.604. The third kappa shape index (κ3) is 6.38. The Labute approximate surface area is 190 Å². The first kappa shape index (κ1) is 22.9. The number of nitrogens with one attached hydrogen (secondary N) is 2. The van der Waals surface area contributed by atoms with Crippen molar-refractivity contribution in [2.45, 2.75) is 33.0 Å². The monoisotopic (exact) mass is 492 g/mol. The van der Waals surface area contributed by atoms with Crippen LogP contribution in [0.15, 0.2) is 40.2 Å². The molecule has 162 valence electrons. The third-order valence-corrected chi connectivity index (χ3v) is 7.04. The van der Waals surface area contributed by atoms with E-state index in [4.69, 9.17) is 0 Å². The van der Waals surface area contributed by atoms with Crippen LogP contribution in [-0.2, 0) is 17.9 Å². The Morgan fingerprint density at radius 2 is 1.73 bits per heavy atom. The minimum Gasteiger partial charge on any atom is -0.350 e. The number of carbonyl (C=O) groups is 2. The van der Waals surface area contributed by atoms with E-state index in [1.54, 1.807) is 13.0 Å². The molecule has 1 aliphatic heterocycles. The van der Waals surface area contributed by atoms with E-state index in [2.05, 4.69) is 55.4 Å². The van der Waals surface area contributed by atoms with Crippen LogP contribution in [-0.4, -0.2) is 60.4 Å². The summed E-state index contributed by atoms with van der Waals surface area (Å²) in [4.78, 5) is 30.3. The Bertz CT molecular complexity index is 864. The number of halogens is 1. The number of hydrogen-bond donors (Lipinski definition) is 2. The van der Waals surface area contributed by atoms with Gasteiger partial charge >= 0.3 is 0 Å². The van der Waals surface area contributed by atoms with E-state index in [1.165, 1.54) is 16.9 Å². The summed E-state index contributed by atoms with van der Waals surface area (Å²) >= 11 is 4.69. The maximum atomic E-state index is 12.5. The lowest BCUT2D eigenvalue weighted by atomic mass is 10.1. The average Bonchev–Trinajstić information content (AvgIpc) is 3.20. The zero-order chi connectivity index (χ0) is 21.5. The molecule has 1 unspecified atom stereocenters. The van der Waals surface area contributed by atoms with E-state index in [0.29, 0.717) is 11.4 Å². The van der Waals surface area contributed by atoms with Gasteiger partial charge in [0, 0.05) is 39.3 Å². The zero-order valence-corrected chi connectivity index (χ0v) is 19.9. The molecule has 1 atom stereocenters. The second-order valence-corrected chi connectivity index (χ2v) is 9.96. The van der Waals surface area contributed by atoms with E-state index in [9.17, 15) is 9.59 Å². The molecule has 30 heavy (non-hydrogen) atoms. The van der Waals surface area contributed by atoms with E-state index in [-0.39, 0.29) is 11.8 Å². The first-order valence-electron chi connectivity index (χ1n) is 10.3. The van der Waals surface area contributed by atoms with Crippen molar-refractivity contribution in [3.8, 4) is 0 Å². The van der Waals surface area contributed by atoms with Gasteiger partial charge in [-0.2, -0.15) is 0 Å². The molecule has 0 radical (unpaired) electrons. The number of amides is 2. The first-order valence-corrected chi connectivity index (χ1v) is 11.9. The van der Waals surface area contributed by atoms with Crippen LogP contribution in [0.5, 0.6) is 0 Å². The highest BCUT2D eigenvalue weighted by atomic mass is 79.9. The molecule has 1 aliphatic rings. The quantitative estimate of drug-likeness (QED) is 0.594. The predicted molar refractivity (Wildman–Crippen MR) is 125 cm³/mol. The molecule has 8 heteroatoms. The molecule has 2 aromatic rings. The van der Waals surface area contributed by atoms with Crippen molar-refractivity contribution in [1.29, 1.82) is 0 Å². The maximum Gasteiger partial charge on any atom is 0.262 e. The zero-order valence-electron chi connectivity index (χ0n) is 17.5. The Morgan fingerprint density at radius 3 is 2.37 bits per heavy atom. The van der Waals surface area contributed by atoms with Gasteiger partial charge < -0.3 is 15.5 Å². The molecule has 1 saturated heterocycles. The molecule has 1 aromatic heterocycles. The van der Waals surface area contributed by atoms with Crippen LogP contribution >= 0.6 is 27.3 Å². The van der Waals surface area contributed by atoms with Gasteiger partial charge in [0.15, 0.2) is 0 Å². The van der Waals surface area contributed by atoms with Crippen molar-refractivity contribution in [2.75, 3.05) is 32.7 Å². The summed E-state index contributed by atoms with van der Waals surface area (Å²) in [6.07, 6.45) is 0. The molecule has 0 saturated carbocycles. The highest BCUT2D eigenvalue weighted by molar-refractivity contribution is 9.11. The van der Waals surface area contributed by atoms with Gasteiger partial charge in [-0.1, -0.05) is 31.2 Å². The summed E-state index contributed by atoms with van der Waals surface area (Å²) in [5.74, 6) is -0.426. The fourth-order valence-corrected chi connectivity index (χ4v) is 4.78. The van der Waals surface area contributed by atoms with Crippen LogP contribution in [0.2, 0.25) is 0 Å². The molecule has 1 fully saturated rings. The van der Waals surface area contributed by atoms with E-state index in [1.807, 2.05) is 18.2 Å². The topological polar surface area (TPSA) is 64.7 Å². The van der Waals surface area contributed by atoms with Gasteiger partial charge in [0.1, 0.15) is 6.04 Å². The number of thiophene rings is 1. The third-order valence-electron chi connectivity index (χ3n) is 5.42. The number of benzene rings is 1. The van der Waals surface area contributed by atoms with Gasteiger partial charge in [0.25, 0.3) is 5.91 Å². The molecule has 2 N–H and O–H groups in total. The molecule has 0 aliphatic carbocycles. The number of hydrogen-bond acceptors (Lipinski definition) is 5. The smallest absolute Gasteiger partial charge is 0.262 e. The number of nitrogens with zero attached hydrogens (tertiary/aromatic N) is 2. The van der Waals surface area contributed by atoms with Gasteiger partial charge in [-0.25, -0.2) is 0 Å². The molecule has 0 bridgehead atoms.